The van der Waals surface area contributed by atoms with Gasteiger partial charge in [0.1, 0.15) is 5.78 Å². The highest BCUT2D eigenvalue weighted by Gasteiger charge is 2.48. The van der Waals surface area contributed by atoms with Gasteiger partial charge in [-0.25, -0.2) is 8.42 Å². The van der Waals surface area contributed by atoms with Crippen molar-refractivity contribution in [1.29, 1.82) is 0 Å². The monoisotopic (exact) mass is 240 g/mol. The smallest absolute Gasteiger partial charge is 0.156 e. The molecule has 0 aliphatic carbocycles. The van der Waals surface area contributed by atoms with Crippen molar-refractivity contribution < 1.29 is 13.2 Å². The summed E-state index contributed by atoms with van der Waals surface area (Å²) in [5, 5.41) is -0.517. The number of hydrogen-bond donors (Lipinski definition) is 0. The molecule has 2 bridgehead atoms. The van der Waals surface area contributed by atoms with Crippen LogP contribution in [0, 0.1) is 18.3 Å². The van der Waals surface area contributed by atoms with Crippen LogP contribution in [0.5, 0.6) is 0 Å². The van der Waals surface area contributed by atoms with Crippen molar-refractivity contribution in [2.45, 2.75) is 49.0 Å². The van der Waals surface area contributed by atoms with E-state index < -0.39 is 9.84 Å². The Morgan fingerprint density at radius 2 is 1.81 bits per heavy atom. The molecule has 0 aromatic carbocycles. The maximum Gasteiger partial charge on any atom is 0.156 e. The first-order valence-corrected chi connectivity index (χ1v) is 7.35. The Morgan fingerprint density at radius 1 is 1.25 bits per heavy atom. The van der Waals surface area contributed by atoms with Crippen LogP contribution in [0.3, 0.4) is 0 Å². The third-order valence-electron chi connectivity index (χ3n) is 3.81. The van der Waals surface area contributed by atoms with Crippen LogP contribution in [0.15, 0.2) is 0 Å². The van der Waals surface area contributed by atoms with Gasteiger partial charge in [0.25, 0.3) is 0 Å². The zero-order valence-corrected chi connectivity index (χ0v) is 10.0. The van der Waals surface area contributed by atoms with Gasteiger partial charge in [0, 0.05) is 18.8 Å². The van der Waals surface area contributed by atoms with E-state index in [1.165, 1.54) is 0 Å². The van der Waals surface area contributed by atoms with Crippen LogP contribution in [0.2, 0.25) is 0 Å². The fourth-order valence-corrected chi connectivity index (χ4v) is 5.34. The lowest BCUT2D eigenvalue weighted by atomic mass is 9.92. The average Bonchev–Trinajstić information content (AvgIpc) is 2.47. The molecule has 88 valence electrons. The standard InChI is InChI=1S/C12H16O3S/c1-2-3-4-12(13)9-7-10-5-6-11(8-9)16(10,14)15/h1,9-11H,3-8H2. The fourth-order valence-electron chi connectivity index (χ4n) is 2.87. The Bertz CT molecular complexity index is 410. The Morgan fingerprint density at radius 3 is 2.31 bits per heavy atom. The van der Waals surface area contributed by atoms with Crippen LogP contribution < -0.4 is 0 Å². The molecule has 0 spiro atoms. The molecular formula is C12H16O3S. The maximum atomic E-state index is 11.8. The third-order valence-corrected chi connectivity index (χ3v) is 6.52. The molecule has 2 fully saturated rings. The first-order chi connectivity index (χ1) is 7.55. The second kappa shape index (κ2) is 4.21. The number of fused-ring (bicyclic) bond motifs is 2. The SMILES string of the molecule is C#CCCC(=O)C1CC2CCC(C1)S2(=O)=O. The fraction of sp³-hybridized carbons (Fsp3) is 0.750. The first kappa shape index (κ1) is 11.7. The predicted octanol–water partition coefficient (Wildman–Crippen LogP) is 1.32. The number of sulfone groups is 1. The zero-order chi connectivity index (χ0) is 11.8. The highest BCUT2D eigenvalue weighted by atomic mass is 32.2. The van der Waals surface area contributed by atoms with Gasteiger partial charge < -0.3 is 0 Å². The van der Waals surface area contributed by atoms with Gasteiger partial charge in [0.05, 0.1) is 10.5 Å². The number of ketones is 1. The summed E-state index contributed by atoms with van der Waals surface area (Å²) >= 11 is 0. The van der Waals surface area contributed by atoms with E-state index in [-0.39, 0.29) is 22.2 Å². The summed E-state index contributed by atoms with van der Waals surface area (Å²) in [5.41, 5.74) is 0. The van der Waals surface area contributed by atoms with Crippen LogP contribution in [-0.2, 0) is 14.6 Å². The normalized spacial score (nSPS) is 35.6. The van der Waals surface area contributed by atoms with Gasteiger partial charge in [-0.2, -0.15) is 0 Å². The molecule has 0 N–H and O–H groups in total. The molecule has 2 unspecified atom stereocenters. The van der Waals surface area contributed by atoms with E-state index in [2.05, 4.69) is 5.92 Å². The van der Waals surface area contributed by atoms with Gasteiger partial charge in [-0.05, 0) is 25.7 Å². The molecular weight excluding hydrogens is 224 g/mol. The first-order valence-electron chi connectivity index (χ1n) is 5.74. The lowest BCUT2D eigenvalue weighted by Crippen LogP contribution is -2.36. The molecule has 2 aliphatic heterocycles. The van der Waals surface area contributed by atoms with E-state index in [1.54, 1.807) is 0 Å². The molecule has 3 nitrogen and oxygen atoms in total. The van der Waals surface area contributed by atoms with Crippen molar-refractivity contribution in [3.63, 3.8) is 0 Å². The van der Waals surface area contributed by atoms with Gasteiger partial charge in [-0.3, -0.25) is 4.79 Å². The highest BCUT2D eigenvalue weighted by molar-refractivity contribution is 7.93. The number of terminal acetylenes is 1. The van der Waals surface area contributed by atoms with Crippen molar-refractivity contribution in [2.24, 2.45) is 5.92 Å². The summed E-state index contributed by atoms with van der Waals surface area (Å²) in [4.78, 5) is 11.8. The second-order valence-electron chi connectivity index (χ2n) is 4.75. The summed E-state index contributed by atoms with van der Waals surface area (Å²) in [5.74, 6) is 2.55. The molecule has 0 aromatic rings. The largest absolute Gasteiger partial charge is 0.299 e. The van der Waals surface area contributed by atoms with Crippen molar-refractivity contribution in [2.75, 3.05) is 0 Å². The van der Waals surface area contributed by atoms with E-state index in [9.17, 15) is 13.2 Å². The van der Waals surface area contributed by atoms with Crippen molar-refractivity contribution in [1.82, 2.24) is 0 Å². The molecule has 0 radical (unpaired) electrons. The van der Waals surface area contributed by atoms with Crippen LogP contribution in [0.4, 0.5) is 0 Å². The number of carbonyl (C=O) groups excluding carboxylic acids is 1. The van der Waals surface area contributed by atoms with Crippen LogP contribution in [-0.4, -0.2) is 24.7 Å². The molecule has 2 aliphatic rings. The molecule has 2 saturated heterocycles. The summed E-state index contributed by atoms with van der Waals surface area (Å²) in [6.07, 6.45) is 8.54. The summed E-state index contributed by atoms with van der Waals surface area (Å²) in [7, 11) is -2.91. The number of carbonyl (C=O) groups is 1. The van der Waals surface area contributed by atoms with Gasteiger partial charge in [-0.1, -0.05) is 0 Å². The van der Waals surface area contributed by atoms with E-state index in [0.717, 1.165) is 12.8 Å². The molecule has 2 heterocycles. The van der Waals surface area contributed by atoms with Crippen LogP contribution >= 0.6 is 0 Å². The number of hydrogen-bond acceptors (Lipinski definition) is 3. The minimum absolute atomic E-state index is 0.0608. The van der Waals surface area contributed by atoms with Crippen molar-refractivity contribution in [3.05, 3.63) is 0 Å². The molecule has 16 heavy (non-hydrogen) atoms. The molecule has 2 atom stereocenters. The average molecular weight is 240 g/mol. The predicted molar refractivity (Wildman–Crippen MR) is 61.5 cm³/mol. The van der Waals surface area contributed by atoms with E-state index in [0.29, 0.717) is 25.7 Å². The summed E-state index contributed by atoms with van der Waals surface area (Å²) < 4.78 is 23.6. The zero-order valence-electron chi connectivity index (χ0n) is 9.19. The lowest BCUT2D eigenvalue weighted by Gasteiger charge is -2.26. The number of rotatable bonds is 3. The second-order valence-corrected chi connectivity index (χ2v) is 7.26. The highest BCUT2D eigenvalue weighted by Crippen LogP contribution is 2.41. The molecule has 4 heteroatoms. The number of Topliss-reactive ketones (excluding diaryl/α,β-unsaturated/α-hetero) is 1. The Kier molecular flexibility index (Phi) is 3.07. The minimum Gasteiger partial charge on any atom is -0.299 e. The molecule has 0 aromatic heterocycles. The molecule has 0 saturated carbocycles. The molecule has 2 rings (SSSR count). The van der Waals surface area contributed by atoms with Gasteiger partial charge in [-0.15, -0.1) is 12.3 Å². The van der Waals surface area contributed by atoms with Gasteiger partial charge in [0.2, 0.25) is 0 Å². The summed E-state index contributed by atoms with van der Waals surface area (Å²) in [6.45, 7) is 0. The van der Waals surface area contributed by atoms with Crippen LogP contribution in [0.1, 0.15) is 38.5 Å². The van der Waals surface area contributed by atoms with E-state index >= 15 is 0 Å². The van der Waals surface area contributed by atoms with E-state index in [1.807, 2.05) is 0 Å². The summed E-state index contributed by atoms with van der Waals surface area (Å²) in [6, 6.07) is 0. The van der Waals surface area contributed by atoms with Gasteiger partial charge in [0.15, 0.2) is 9.84 Å². The molecule has 0 amide bonds. The Hall–Kier alpha value is -0.820. The van der Waals surface area contributed by atoms with Crippen molar-refractivity contribution in [3.8, 4) is 12.3 Å². The van der Waals surface area contributed by atoms with Crippen LogP contribution in [0.25, 0.3) is 0 Å². The third kappa shape index (κ3) is 1.89. The Labute approximate surface area is 96.5 Å². The Balaban J connectivity index is 2.04. The minimum atomic E-state index is -2.91. The quantitative estimate of drug-likeness (QED) is 0.699. The topological polar surface area (TPSA) is 51.2 Å². The van der Waals surface area contributed by atoms with Crippen molar-refractivity contribution >= 4 is 15.6 Å². The lowest BCUT2D eigenvalue weighted by molar-refractivity contribution is -0.123. The van der Waals surface area contributed by atoms with Gasteiger partial charge >= 0.3 is 0 Å². The maximum absolute atomic E-state index is 11.8. The van der Waals surface area contributed by atoms with E-state index in [4.69, 9.17) is 6.42 Å².